The molecule has 0 saturated heterocycles. The van der Waals surface area contributed by atoms with Crippen molar-refractivity contribution in [2.45, 2.75) is 30.7 Å². The zero-order valence-corrected chi connectivity index (χ0v) is 20.8. The van der Waals surface area contributed by atoms with Gasteiger partial charge in [-0.15, -0.1) is 0 Å². The standard InChI is InChI=1S/C28H31N3O3S/c1-3-14-34-27-13-10-20(19-8-11-23(12-9-19)35-29-2)16-25(27)28(33)31-22(18-32)15-21-17-30-26-7-5-4-6-24(21)26/h4-13,16-17,22,29-30,32H,3,14-15,18H2,1-2H3,(H,31,33)/t22-/m0/s1. The summed E-state index contributed by atoms with van der Waals surface area (Å²) in [6.07, 6.45) is 3.29. The number of aromatic amines is 1. The fraction of sp³-hybridized carbons (Fsp3) is 0.250. The third-order valence-corrected chi connectivity index (χ3v) is 6.50. The van der Waals surface area contributed by atoms with E-state index in [-0.39, 0.29) is 12.5 Å². The number of carbonyl (C=O) groups is 1. The Bertz CT molecular complexity index is 1270. The molecule has 7 heteroatoms. The summed E-state index contributed by atoms with van der Waals surface area (Å²) in [5.74, 6) is 0.276. The van der Waals surface area contributed by atoms with Gasteiger partial charge in [0.25, 0.3) is 5.91 Å². The highest BCUT2D eigenvalue weighted by Crippen LogP contribution is 2.29. The van der Waals surface area contributed by atoms with E-state index >= 15 is 0 Å². The number of aromatic nitrogens is 1. The van der Waals surface area contributed by atoms with E-state index in [0.717, 1.165) is 38.9 Å². The maximum Gasteiger partial charge on any atom is 0.255 e. The molecule has 0 radical (unpaired) electrons. The van der Waals surface area contributed by atoms with Crippen molar-refractivity contribution in [1.29, 1.82) is 0 Å². The van der Waals surface area contributed by atoms with E-state index in [2.05, 4.69) is 15.0 Å². The zero-order chi connectivity index (χ0) is 24.6. The first-order chi connectivity index (χ1) is 17.1. The summed E-state index contributed by atoms with van der Waals surface area (Å²) in [6, 6.07) is 21.4. The molecule has 3 aromatic carbocycles. The number of carbonyl (C=O) groups excluding carboxylic acids is 1. The van der Waals surface area contributed by atoms with Crippen LogP contribution in [0.5, 0.6) is 5.75 Å². The predicted molar refractivity (Wildman–Crippen MR) is 143 cm³/mol. The van der Waals surface area contributed by atoms with Crippen molar-refractivity contribution in [3.05, 3.63) is 84.1 Å². The fourth-order valence-corrected chi connectivity index (χ4v) is 4.56. The molecule has 35 heavy (non-hydrogen) atoms. The molecule has 4 N–H and O–H groups in total. The van der Waals surface area contributed by atoms with Gasteiger partial charge in [-0.05, 0) is 78.9 Å². The Balaban J connectivity index is 1.57. The Morgan fingerprint density at radius 1 is 1.09 bits per heavy atom. The molecule has 0 spiro atoms. The second-order valence-corrected chi connectivity index (χ2v) is 9.39. The van der Waals surface area contributed by atoms with Gasteiger partial charge in [-0.3, -0.25) is 9.52 Å². The molecule has 0 unspecified atom stereocenters. The van der Waals surface area contributed by atoms with Gasteiger partial charge in [0, 0.05) is 22.0 Å². The number of amides is 1. The molecule has 4 aromatic rings. The van der Waals surface area contributed by atoms with Crippen LogP contribution in [-0.4, -0.2) is 42.3 Å². The number of aliphatic hydroxyl groups excluding tert-OH is 1. The third kappa shape index (κ3) is 6.06. The molecule has 1 aromatic heterocycles. The molecule has 6 nitrogen and oxygen atoms in total. The first kappa shape index (κ1) is 24.9. The Labute approximate surface area is 210 Å². The van der Waals surface area contributed by atoms with Gasteiger partial charge in [0.1, 0.15) is 5.75 Å². The molecule has 0 aliphatic heterocycles. The van der Waals surface area contributed by atoms with Gasteiger partial charge < -0.3 is 20.1 Å². The van der Waals surface area contributed by atoms with E-state index < -0.39 is 6.04 Å². The highest BCUT2D eigenvalue weighted by molar-refractivity contribution is 7.97. The van der Waals surface area contributed by atoms with E-state index in [4.69, 9.17) is 4.74 Å². The summed E-state index contributed by atoms with van der Waals surface area (Å²) in [4.78, 5) is 17.8. The van der Waals surface area contributed by atoms with Gasteiger partial charge in [0.05, 0.1) is 24.8 Å². The van der Waals surface area contributed by atoms with Gasteiger partial charge in [-0.2, -0.15) is 0 Å². The van der Waals surface area contributed by atoms with Gasteiger partial charge in [-0.1, -0.05) is 43.3 Å². The van der Waals surface area contributed by atoms with Crippen molar-refractivity contribution in [1.82, 2.24) is 15.0 Å². The van der Waals surface area contributed by atoms with Gasteiger partial charge in [0.2, 0.25) is 0 Å². The summed E-state index contributed by atoms with van der Waals surface area (Å²) in [5.41, 5.74) is 4.49. The molecule has 4 rings (SSSR count). The molecule has 1 amide bonds. The minimum absolute atomic E-state index is 0.166. The first-order valence-corrected chi connectivity index (χ1v) is 12.6. The van der Waals surface area contributed by atoms with Crippen LogP contribution in [0, 0.1) is 0 Å². The van der Waals surface area contributed by atoms with Crippen LogP contribution in [0.3, 0.4) is 0 Å². The summed E-state index contributed by atoms with van der Waals surface area (Å²) in [5, 5.41) is 14.1. The number of hydrogen-bond acceptors (Lipinski definition) is 5. The van der Waals surface area contributed by atoms with Crippen LogP contribution < -0.4 is 14.8 Å². The number of nitrogens with one attached hydrogen (secondary N) is 3. The lowest BCUT2D eigenvalue weighted by atomic mass is 10.0. The Kier molecular flexibility index (Phi) is 8.47. The Morgan fingerprint density at radius 2 is 1.86 bits per heavy atom. The molecule has 0 aliphatic rings. The minimum atomic E-state index is -0.428. The maximum absolute atomic E-state index is 13.4. The van der Waals surface area contributed by atoms with Gasteiger partial charge in [0.15, 0.2) is 0 Å². The number of rotatable bonds is 11. The van der Waals surface area contributed by atoms with E-state index in [1.165, 1.54) is 0 Å². The molecule has 1 atom stereocenters. The predicted octanol–water partition coefficient (Wildman–Crippen LogP) is 5.18. The van der Waals surface area contributed by atoms with E-state index in [9.17, 15) is 9.90 Å². The Morgan fingerprint density at radius 3 is 2.60 bits per heavy atom. The molecule has 0 saturated carbocycles. The molecular formula is C28H31N3O3S. The average molecular weight is 490 g/mol. The summed E-state index contributed by atoms with van der Waals surface area (Å²) in [7, 11) is 1.89. The number of benzene rings is 3. The van der Waals surface area contributed by atoms with Crippen LogP contribution in [0.4, 0.5) is 0 Å². The van der Waals surface area contributed by atoms with Crippen molar-refractivity contribution in [3.8, 4) is 16.9 Å². The molecule has 182 valence electrons. The van der Waals surface area contributed by atoms with Gasteiger partial charge in [-0.25, -0.2) is 0 Å². The lowest BCUT2D eigenvalue weighted by Gasteiger charge is -2.18. The topological polar surface area (TPSA) is 86.4 Å². The van der Waals surface area contributed by atoms with Crippen molar-refractivity contribution >= 4 is 28.8 Å². The molecular weight excluding hydrogens is 458 g/mol. The molecule has 0 fully saturated rings. The van der Waals surface area contributed by atoms with Crippen LogP contribution in [-0.2, 0) is 6.42 Å². The highest BCUT2D eigenvalue weighted by atomic mass is 32.2. The number of H-pyrrole nitrogens is 1. The average Bonchev–Trinajstić information content (AvgIpc) is 3.30. The number of hydrogen-bond donors (Lipinski definition) is 4. The first-order valence-electron chi connectivity index (χ1n) is 11.8. The monoisotopic (exact) mass is 489 g/mol. The minimum Gasteiger partial charge on any atom is -0.493 e. The second-order valence-electron chi connectivity index (χ2n) is 8.31. The number of aliphatic hydroxyl groups is 1. The largest absolute Gasteiger partial charge is 0.493 e. The smallest absolute Gasteiger partial charge is 0.255 e. The van der Waals surface area contributed by atoms with E-state index in [0.29, 0.717) is 24.3 Å². The van der Waals surface area contributed by atoms with Crippen LogP contribution in [0.15, 0.2) is 77.8 Å². The van der Waals surface area contributed by atoms with Crippen molar-refractivity contribution in [2.75, 3.05) is 20.3 Å². The number of ether oxygens (including phenoxy) is 1. The number of para-hydroxylation sites is 1. The lowest BCUT2D eigenvalue weighted by Crippen LogP contribution is -2.39. The molecule has 0 aliphatic carbocycles. The SMILES string of the molecule is CCCOc1ccc(-c2ccc(SNC)cc2)cc1C(=O)N[C@H](CO)Cc1c[nH]c2ccccc12. The lowest BCUT2D eigenvalue weighted by molar-refractivity contribution is 0.0912. The van der Waals surface area contributed by atoms with Crippen LogP contribution in [0.2, 0.25) is 0 Å². The fourth-order valence-electron chi connectivity index (χ4n) is 4.05. The van der Waals surface area contributed by atoms with Crippen molar-refractivity contribution < 1.29 is 14.6 Å². The summed E-state index contributed by atoms with van der Waals surface area (Å²) < 4.78 is 8.96. The van der Waals surface area contributed by atoms with Crippen LogP contribution in [0.1, 0.15) is 29.3 Å². The van der Waals surface area contributed by atoms with Crippen molar-refractivity contribution in [3.63, 3.8) is 0 Å². The van der Waals surface area contributed by atoms with Crippen molar-refractivity contribution in [2.24, 2.45) is 0 Å². The molecule has 0 bridgehead atoms. The molecule has 1 heterocycles. The maximum atomic E-state index is 13.4. The zero-order valence-electron chi connectivity index (χ0n) is 20.0. The number of fused-ring (bicyclic) bond motifs is 1. The normalized spacial score (nSPS) is 12.0. The third-order valence-electron chi connectivity index (χ3n) is 5.79. The van der Waals surface area contributed by atoms with Crippen LogP contribution in [0.25, 0.3) is 22.0 Å². The van der Waals surface area contributed by atoms with E-state index in [1.54, 1.807) is 11.9 Å². The summed E-state index contributed by atoms with van der Waals surface area (Å²) >= 11 is 1.55. The summed E-state index contributed by atoms with van der Waals surface area (Å²) in [6.45, 7) is 2.39. The van der Waals surface area contributed by atoms with Crippen LogP contribution >= 0.6 is 11.9 Å². The Hall–Kier alpha value is -3.26. The van der Waals surface area contributed by atoms with Gasteiger partial charge >= 0.3 is 0 Å². The second kappa shape index (κ2) is 11.9. The highest BCUT2D eigenvalue weighted by Gasteiger charge is 2.19. The van der Waals surface area contributed by atoms with E-state index in [1.807, 2.05) is 86.9 Å². The quantitative estimate of drug-likeness (QED) is 0.218.